The topological polar surface area (TPSA) is 123 Å². The molecule has 0 aliphatic carbocycles. The number of phenolic OH excluding ortho intramolecular Hbond substituents is 1. The van der Waals surface area contributed by atoms with Crippen molar-refractivity contribution < 1.29 is 42.7 Å². The third-order valence-electron chi connectivity index (χ3n) is 9.38. The van der Waals surface area contributed by atoms with Gasteiger partial charge in [-0.2, -0.15) is 0 Å². The lowest BCUT2D eigenvalue weighted by Crippen LogP contribution is -2.43. The number of carbonyl (C=O) groups is 1. The Morgan fingerprint density at radius 2 is 1.67 bits per heavy atom. The summed E-state index contributed by atoms with van der Waals surface area (Å²) in [5.41, 5.74) is 4.23. The predicted octanol–water partition coefficient (Wildman–Crippen LogP) is 6.47. The van der Waals surface area contributed by atoms with E-state index in [0.717, 1.165) is 28.9 Å². The van der Waals surface area contributed by atoms with E-state index in [4.69, 9.17) is 32.8 Å². The van der Waals surface area contributed by atoms with Gasteiger partial charge >= 0.3 is 0 Å². The van der Waals surface area contributed by atoms with Crippen LogP contribution in [0.1, 0.15) is 59.5 Å². The molecule has 0 radical (unpaired) electrons. The van der Waals surface area contributed by atoms with Gasteiger partial charge in [-0.15, -0.1) is 0 Å². The van der Waals surface area contributed by atoms with E-state index in [2.05, 4.69) is 13.8 Å². The van der Waals surface area contributed by atoms with Crippen LogP contribution < -0.4 is 33.8 Å². The van der Waals surface area contributed by atoms with Gasteiger partial charge in [0, 0.05) is 41.3 Å². The van der Waals surface area contributed by atoms with Crippen molar-refractivity contribution in [3.8, 4) is 40.2 Å². The van der Waals surface area contributed by atoms with Crippen LogP contribution in [0, 0.1) is 12.8 Å². The molecule has 0 saturated heterocycles. The molecule has 48 heavy (non-hydrogen) atoms. The number of ether oxygens (including phenoxy) is 6. The molecule has 4 aliphatic heterocycles. The molecule has 10 heteroatoms. The number of methoxy groups -OCH3 is 2. The van der Waals surface area contributed by atoms with Gasteiger partial charge < -0.3 is 37.9 Å². The van der Waals surface area contributed by atoms with E-state index in [9.17, 15) is 14.7 Å². The van der Waals surface area contributed by atoms with E-state index in [-0.39, 0.29) is 34.6 Å². The van der Waals surface area contributed by atoms with Gasteiger partial charge in [-0.3, -0.25) is 9.59 Å². The fourth-order valence-electron chi connectivity index (χ4n) is 6.76. The molecule has 0 bridgehead atoms. The maximum atomic E-state index is 13.5. The van der Waals surface area contributed by atoms with Gasteiger partial charge in [0.15, 0.2) is 22.7 Å². The molecule has 0 saturated carbocycles. The van der Waals surface area contributed by atoms with E-state index in [0.29, 0.717) is 76.8 Å². The molecule has 3 atom stereocenters. The number of ketones is 1. The quantitative estimate of drug-likeness (QED) is 0.246. The third-order valence-corrected chi connectivity index (χ3v) is 9.38. The van der Waals surface area contributed by atoms with Crippen molar-refractivity contribution in [3.63, 3.8) is 0 Å². The SMILES string of the molecule is CC1=CCc2c(cc3oc(C)cc(=O)c3c2O)OC1.COc1cc2c(cc1OC)C1C(=O)c3ccc4c(c3OC1CO2)CC(C(C)C)O4. The first kappa shape index (κ1) is 31.5. The second-order valence-corrected chi connectivity index (χ2v) is 12.9. The number of hydrogen-bond acceptors (Lipinski definition) is 10. The summed E-state index contributed by atoms with van der Waals surface area (Å²) < 4.78 is 40.3. The van der Waals surface area contributed by atoms with Crippen LogP contribution in [-0.2, 0) is 12.8 Å². The minimum Gasteiger partial charge on any atom is -0.507 e. The summed E-state index contributed by atoms with van der Waals surface area (Å²) in [7, 11) is 3.16. The van der Waals surface area contributed by atoms with Gasteiger partial charge in [0.2, 0.25) is 0 Å². The number of allylic oxidation sites excluding steroid dienone is 1. The van der Waals surface area contributed by atoms with Gasteiger partial charge in [-0.1, -0.05) is 19.9 Å². The van der Waals surface area contributed by atoms with E-state index in [1.54, 1.807) is 33.3 Å². The lowest BCUT2D eigenvalue weighted by atomic mass is 9.81. The molecule has 1 N–H and O–H groups in total. The summed E-state index contributed by atoms with van der Waals surface area (Å²) in [4.78, 5) is 25.5. The molecular formula is C38H38O10. The third kappa shape index (κ3) is 5.29. The molecule has 250 valence electrons. The molecular weight excluding hydrogens is 616 g/mol. The number of phenols is 1. The van der Waals surface area contributed by atoms with Crippen molar-refractivity contribution in [2.24, 2.45) is 5.92 Å². The molecule has 3 unspecified atom stereocenters. The Balaban J connectivity index is 0.000000166. The van der Waals surface area contributed by atoms with Crippen LogP contribution in [0.4, 0.5) is 0 Å². The highest BCUT2D eigenvalue weighted by molar-refractivity contribution is 6.06. The van der Waals surface area contributed by atoms with Crippen molar-refractivity contribution in [2.45, 2.75) is 58.7 Å². The Bertz CT molecular complexity index is 2040. The molecule has 4 aliphatic rings. The van der Waals surface area contributed by atoms with Gasteiger partial charge in [-0.05, 0) is 50.0 Å². The lowest BCUT2D eigenvalue weighted by Gasteiger charge is -2.37. The predicted molar refractivity (Wildman–Crippen MR) is 178 cm³/mol. The lowest BCUT2D eigenvalue weighted by molar-refractivity contribution is 0.0554. The average molecular weight is 655 g/mol. The monoisotopic (exact) mass is 654 g/mol. The number of benzene rings is 3. The molecule has 0 fully saturated rings. The average Bonchev–Trinajstić information content (AvgIpc) is 3.43. The molecule has 5 heterocycles. The second kappa shape index (κ2) is 12.2. The van der Waals surface area contributed by atoms with E-state index in [1.165, 1.54) is 6.07 Å². The number of rotatable bonds is 3. The zero-order chi connectivity index (χ0) is 33.9. The van der Waals surface area contributed by atoms with Crippen molar-refractivity contribution in [1.82, 2.24) is 0 Å². The largest absolute Gasteiger partial charge is 0.507 e. The highest BCUT2D eigenvalue weighted by Gasteiger charge is 2.45. The Kier molecular flexibility index (Phi) is 7.97. The summed E-state index contributed by atoms with van der Waals surface area (Å²) >= 11 is 0. The molecule has 3 aromatic carbocycles. The maximum absolute atomic E-state index is 13.5. The smallest absolute Gasteiger partial charge is 0.196 e. The first-order chi connectivity index (χ1) is 23.1. The van der Waals surface area contributed by atoms with Crippen LogP contribution in [0.25, 0.3) is 11.0 Å². The highest BCUT2D eigenvalue weighted by Crippen LogP contribution is 2.50. The van der Waals surface area contributed by atoms with Crippen molar-refractivity contribution >= 4 is 16.8 Å². The fourth-order valence-corrected chi connectivity index (χ4v) is 6.76. The van der Waals surface area contributed by atoms with Crippen LogP contribution in [0.3, 0.4) is 0 Å². The van der Waals surface area contributed by atoms with Gasteiger partial charge in [0.25, 0.3) is 0 Å². The summed E-state index contributed by atoms with van der Waals surface area (Å²) in [5.74, 6) is 4.29. The van der Waals surface area contributed by atoms with Crippen LogP contribution in [0.5, 0.6) is 40.2 Å². The Labute approximate surface area is 277 Å². The van der Waals surface area contributed by atoms with Crippen molar-refractivity contribution in [1.29, 1.82) is 0 Å². The van der Waals surface area contributed by atoms with Crippen LogP contribution >= 0.6 is 0 Å². The maximum Gasteiger partial charge on any atom is 0.196 e. The molecule has 1 aromatic heterocycles. The van der Waals surface area contributed by atoms with Crippen LogP contribution in [0.2, 0.25) is 0 Å². The minimum atomic E-state index is -0.438. The minimum absolute atomic E-state index is 0.0350. The normalized spacial score (nSPS) is 20.1. The number of aryl methyl sites for hydroxylation is 1. The summed E-state index contributed by atoms with van der Waals surface area (Å²) in [6.45, 7) is 8.73. The number of Topliss-reactive ketones (excluding diaryl/α,β-unsaturated/α-hetero) is 1. The molecule has 0 spiro atoms. The zero-order valence-corrected chi connectivity index (χ0v) is 27.8. The van der Waals surface area contributed by atoms with Crippen LogP contribution in [0.15, 0.2) is 57.3 Å². The Hall–Kier alpha value is -5.12. The van der Waals surface area contributed by atoms with Gasteiger partial charge in [-0.25, -0.2) is 0 Å². The highest BCUT2D eigenvalue weighted by atomic mass is 16.5. The number of carbonyl (C=O) groups excluding carboxylic acids is 1. The van der Waals surface area contributed by atoms with Crippen LogP contribution in [-0.4, -0.2) is 50.5 Å². The van der Waals surface area contributed by atoms with E-state index in [1.807, 2.05) is 31.2 Å². The Morgan fingerprint density at radius 3 is 2.42 bits per heavy atom. The van der Waals surface area contributed by atoms with E-state index >= 15 is 0 Å². The molecule has 10 nitrogen and oxygen atoms in total. The number of fused-ring (bicyclic) bond motifs is 8. The first-order valence-electron chi connectivity index (χ1n) is 16.1. The summed E-state index contributed by atoms with van der Waals surface area (Å²) in [6.07, 6.45) is 3.02. The summed E-state index contributed by atoms with van der Waals surface area (Å²) in [6, 6.07) is 10.4. The molecule has 4 aromatic rings. The first-order valence-corrected chi connectivity index (χ1v) is 16.1. The Morgan fingerprint density at radius 1 is 0.896 bits per heavy atom. The van der Waals surface area contributed by atoms with Gasteiger partial charge in [0.1, 0.15) is 70.9 Å². The molecule has 0 amide bonds. The molecule has 8 rings (SSSR count). The fraction of sp³-hybridized carbons (Fsp3) is 0.368. The van der Waals surface area contributed by atoms with Crippen molar-refractivity contribution in [2.75, 3.05) is 27.4 Å². The summed E-state index contributed by atoms with van der Waals surface area (Å²) in [5, 5.41) is 10.5. The number of hydrogen-bond donors (Lipinski definition) is 1. The van der Waals surface area contributed by atoms with Gasteiger partial charge in [0.05, 0.1) is 25.7 Å². The zero-order valence-electron chi connectivity index (χ0n) is 27.8. The standard InChI is InChI=1S/C23H24O6.C15H14O4/c1-11(2)16-8-14-15(28-16)6-5-12-22(24)21-13-7-18(25-3)19(26-4)9-17(13)27-10-20(21)29-23(12)14;1-8-3-4-10-12(18-7-8)6-13-14(15(10)17)11(16)5-9(2)19-13/h5-7,9,11,16,20-21H,8,10H2,1-4H3;3,5-6,17H,4,7H2,1-2H3. The van der Waals surface area contributed by atoms with Crippen molar-refractivity contribution in [3.05, 3.63) is 86.3 Å². The van der Waals surface area contributed by atoms with E-state index < -0.39 is 5.92 Å². The number of aromatic hydroxyl groups is 1. The second-order valence-electron chi connectivity index (χ2n) is 12.9.